The summed E-state index contributed by atoms with van der Waals surface area (Å²) in [6.07, 6.45) is 0.501. The summed E-state index contributed by atoms with van der Waals surface area (Å²) < 4.78 is 26.0. The van der Waals surface area contributed by atoms with Crippen molar-refractivity contribution in [2.75, 3.05) is 19.1 Å². The summed E-state index contributed by atoms with van der Waals surface area (Å²) in [6, 6.07) is -1.32. The molecule has 8 nitrogen and oxygen atoms in total. The van der Waals surface area contributed by atoms with E-state index in [1.165, 1.54) is 0 Å². The van der Waals surface area contributed by atoms with E-state index in [-0.39, 0.29) is 12.8 Å². The van der Waals surface area contributed by atoms with E-state index in [2.05, 4.69) is 4.74 Å². The van der Waals surface area contributed by atoms with Gasteiger partial charge in [-0.2, -0.15) is 0 Å². The van der Waals surface area contributed by atoms with Crippen LogP contribution >= 0.6 is 0 Å². The maximum Gasteiger partial charge on any atom is 0.326 e. The second-order valence-corrected chi connectivity index (χ2v) is 5.78. The number of sulfone groups is 1. The summed E-state index contributed by atoms with van der Waals surface area (Å²) in [4.78, 5) is 32.8. The van der Waals surface area contributed by atoms with Crippen molar-refractivity contribution < 1.29 is 32.6 Å². The summed E-state index contributed by atoms with van der Waals surface area (Å²) in [7, 11) is -2.37. The molecule has 1 amide bonds. The van der Waals surface area contributed by atoms with Gasteiger partial charge in [-0.25, -0.2) is 13.2 Å². The Labute approximate surface area is 104 Å². The average Bonchev–Trinajstić information content (AvgIpc) is 2.20. The minimum absolute atomic E-state index is 0.169. The lowest BCUT2D eigenvalue weighted by atomic mass is 10.1. The van der Waals surface area contributed by atoms with Crippen LogP contribution in [0.4, 0.5) is 0 Å². The fourth-order valence-electron chi connectivity index (χ4n) is 1.10. The smallest absolute Gasteiger partial charge is 0.326 e. The molecule has 0 fully saturated rings. The molecule has 0 bridgehead atoms. The highest BCUT2D eigenvalue weighted by Crippen LogP contribution is 2.00. The normalized spacial score (nSPS) is 12.6. The summed E-state index contributed by atoms with van der Waals surface area (Å²) in [6.45, 7) is 0. The number of aliphatic carboxylic acids is 1. The first kappa shape index (κ1) is 16.4. The lowest BCUT2D eigenvalue weighted by Crippen LogP contribution is -2.43. The molecule has 0 aromatic carbocycles. The molecule has 0 heterocycles. The van der Waals surface area contributed by atoms with Crippen molar-refractivity contribution >= 4 is 27.7 Å². The number of rotatable bonds is 7. The Morgan fingerprint density at radius 2 is 1.89 bits per heavy atom. The number of carboxylic acids is 1. The number of hydrogen-bond donors (Lipinski definition) is 2. The maximum atomic E-state index is 11.2. The predicted molar refractivity (Wildman–Crippen MR) is 60.5 cm³/mol. The number of amides is 1. The van der Waals surface area contributed by atoms with Crippen LogP contribution in [0.15, 0.2) is 0 Å². The van der Waals surface area contributed by atoms with E-state index in [0.717, 1.165) is 13.4 Å². The lowest BCUT2D eigenvalue weighted by Gasteiger charge is -2.13. The molecule has 0 rings (SSSR count). The highest BCUT2D eigenvalue weighted by molar-refractivity contribution is 7.91. The zero-order valence-corrected chi connectivity index (χ0v) is 10.8. The molecule has 0 aromatic rings. The zero-order valence-electron chi connectivity index (χ0n) is 10.0. The first-order valence-corrected chi connectivity index (χ1v) is 6.98. The van der Waals surface area contributed by atoms with Crippen molar-refractivity contribution in [2.24, 2.45) is 0 Å². The van der Waals surface area contributed by atoms with Crippen LogP contribution in [0.5, 0.6) is 0 Å². The number of ether oxygens (including phenoxy) is 1. The third-order valence-electron chi connectivity index (χ3n) is 1.89. The topological polar surface area (TPSA) is 127 Å². The van der Waals surface area contributed by atoms with Crippen molar-refractivity contribution in [3.05, 3.63) is 0 Å². The Hall–Kier alpha value is -1.64. The standard InChI is InChI=1S/C9H15NO7S/c1-17-8(12)4-3-6(9(13)14)10-7(11)5-18(2,15)16/h6H,3-5H2,1-2H3,(H,10,11)(H,13,14). The monoisotopic (exact) mass is 281 g/mol. The molecular weight excluding hydrogens is 266 g/mol. The van der Waals surface area contributed by atoms with Crippen molar-refractivity contribution in [3.63, 3.8) is 0 Å². The lowest BCUT2D eigenvalue weighted by molar-refractivity contribution is -0.143. The number of methoxy groups -OCH3 is 1. The molecule has 1 unspecified atom stereocenters. The third kappa shape index (κ3) is 7.60. The van der Waals surface area contributed by atoms with E-state index >= 15 is 0 Å². The molecule has 0 saturated heterocycles. The van der Waals surface area contributed by atoms with E-state index < -0.39 is 39.5 Å². The number of carbonyl (C=O) groups excluding carboxylic acids is 2. The number of hydrogen-bond acceptors (Lipinski definition) is 6. The van der Waals surface area contributed by atoms with Gasteiger partial charge in [0.15, 0.2) is 9.84 Å². The molecule has 0 aliphatic rings. The molecule has 0 aromatic heterocycles. The predicted octanol–water partition coefficient (Wildman–Crippen LogP) is -1.45. The molecule has 104 valence electrons. The SMILES string of the molecule is COC(=O)CCC(NC(=O)CS(C)(=O)=O)C(=O)O. The van der Waals surface area contributed by atoms with Gasteiger partial charge in [0.1, 0.15) is 11.8 Å². The highest BCUT2D eigenvalue weighted by atomic mass is 32.2. The third-order valence-corrected chi connectivity index (χ3v) is 2.68. The van der Waals surface area contributed by atoms with Crippen LogP contribution in [0.25, 0.3) is 0 Å². The Morgan fingerprint density at radius 1 is 1.33 bits per heavy atom. The Balaban J connectivity index is 4.41. The number of nitrogens with one attached hydrogen (secondary N) is 1. The Bertz CT molecular complexity index is 428. The van der Waals surface area contributed by atoms with E-state index in [1.54, 1.807) is 0 Å². The zero-order chi connectivity index (χ0) is 14.3. The quantitative estimate of drug-likeness (QED) is 0.547. The van der Waals surface area contributed by atoms with Gasteiger partial charge in [0.25, 0.3) is 0 Å². The van der Waals surface area contributed by atoms with Crippen molar-refractivity contribution in [3.8, 4) is 0 Å². The second kappa shape index (κ2) is 6.94. The van der Waals surface area contributed by atoms with Crippen molar-refractivity contribution in [2.45, 2.75) is 18.9 Å². The summed E-state index contributed by atoms with van der Waals surface area (Å²) in [5, 5.41) is 10.8. The molecule has 18 heavy (non-hydrogen) atoms. The van der Waals surface area contributed by atoms with E-state index in [1.807, 2.05) is 5.32 Å². The molecule has 2 N–H and O–H groups in total. The first-order valence-electron chi connectivity index (χ1n) is 4.92. The molecular formula is C9H15NO7S. The van der Waals surface area contributed by atoms with Gasteiger partial charge < -0.3 is 15.2 Å². The van der Waals surface area contributed by atoms with Gasteiger partial charge >= 0.3 is 11.9 Å². The van der Waals surface area contributed by atoms with E-state index in [0.29, 0.717) is 0 Å². The number of esters is 1. The fourth-order valence-corrected chi connectivity index (χ4v) is 1.66. The number of carbonyl (C=O) groups is 3. The fraction of sp³-hybridized carbons (Fsp3) is 0.667. The van der Waals surface area contributed by atoms with Gasteiger partial charge in [0, 0.05) is 12.7 Å². The van der Waals surface area contributed by atoms with E-state index in [9.17, 15) is 22.8 Å². The van der Waals surface area contributed by atoms with Gasteiger partial charge in [-0.3, -0.25) is 9.59 Å². The minimum atomic E-state index is -3.53. The van der Waals surface area contributed by atoms with Crippen LogP contribution in [0.3, 0.4) is 0 Å². The van der Waals surface area contributed by atoms with Gasteiger partial charge in [-0.15, -0.1) is 0 Å². The molecule has 1 atom stereocenters. The van der Waals surface area contributed by atoms with E-state index in [4.69, 9.17) is 5.11 Å². The summed E-state index contributed by atoms with van der Waals surface area (Å²) >= 11 is 0. The Kier molecular flexibility index (Phi) is 6.31. The minimum Gasteiger partial charge on any atom is -0.480 e. The highest BCUT2D eigenvalue weighted by Gasteiger charge is 2.22. The van der Waals surface area contributed by atoms with Crippen molar-refractivity contribution in [1.29, 1.82) is 0 Å². The first-order chi connectivity index (χ1) is 8.15. The Morgan fingerprint density at radius 3 is 2.28 bits per heavy atom. The number of carboxylic acid groups (broad SMARTS) is 1. The molecule has 0 radical (unpaired) electrons. The van der Waals surface area contributed by atoms with Crippen LogP contribution in [0.1, 0.15) is 12.8 Å². The molecule has 9 heteroatoms. The summed E-state index contributed by atoms with van der Waals surface area (Å²) in [5.74, 6) is -3.68. The molecule has 0 aliphatic carbocycles. The van der Waals surface area contributed by atoms with Gasteiger partial charge in [0.2, 0.25) is 5.91 Å². The summed E-state index contributed by atoms with van der Waals surface area (Å²) in [5.41, 5.74) is 0. The van der Waals surface area contributed by atoms with Crippen LogP contribution in [0, 0.1) is 0 Å². The second-order valence-electron chi connectivity index (χ2n) is 3.64. The van der Waals surface area contributed by atoms with Crippen molar-refractivity contribution in [1.82, 2.24) is 5.32 Å². The van der Waals surface area contributed by atoms with Gasteiger partial charge in [-0.05, 0) is 6.42 Å². The van der Waals surface area contributed by atoms with Crippen LogP contribution < -0.4 is 5.32 Å². The molecule has 0 spiro atoms. The average molecular weight is 281 g/mol. The van der Waals surface area contributed by atoms with Crippen LogP contribution in [-0.2, 0) is 29.0 Å². The largest absolute Gasteiger partial charge is 0.480 e. The van der Waals surface area contributed by atoms with Crippen LogP contribution in [0.2, 0.25) is 0 Å². The molecule has 0 aliphatic heterocycles. The maximum absolute atomic E-state index is 11.2. The molecule has 0 saturated carbocycles. The van der Waals surface area contributed by atoms with Gasteiger partial charge in [-0.1, -0.05) is 0 Å². The van der Waals surface area contributed by atoms with Gasteiger partial charge in [0.05, 0.1) is 7.11 Å². The van der Waals surface area contributed by atoms with Crippen LogP contribution in [-0.4, -0.2) is 56.5 Å².